The van der Waals surface area contributed by atoms with Crippen LogP contribution in [0.5, 0.6) is 0 Å². The minimum atomic E-state index is -0.793. The van der Waals surface area contributed by atoms with Crippen molar-refractivity contribution in [3.05, 3.63) is 60.8 Å². The van der Waals surface area contributed by atoms with E-state index in [2.05, 4.69) is 81.5 Å². The highest BCUT2D eigenvalue weighted by Gasteiger charge is 2.19. The van der Waals surface area contributed by atoms with Crippen LogP contribution in [-0.4, -0.2) is 37.2 Å². The van der Waals surface area contributed by atoms with E-state index in [1.807, 2.05) is 0 Å². The first-order valence-corrected chi connectivity index (χ1v) is 33.3. The third-order valence-electron chi connectivity index (χ3n) is 14.8. The average molecular weight is 1060 g/mol. The first-order chi connectivity index (χ1) is 37.5. The van der Waals surface area contributed by atoms with Gasteiger partial charge in [0.15, 0.2) is 6.10 Å². The number of hydrogen-bond acceptors (Lipinski definition) is 6. The van der Waals surface area contributed by atoms with Gasteiger partial charge in [-0.1, -0.05) is 306 Å². The zero-order chi connectivity index (χ0) is 55.0. The summed E-state index contributed by atoms with van der Waals surface area (Å²) in [6, 6.07) is 0. The summed E-state index contributed by atoms with van der Waals surface area (Å²) >= 11 is 0. The van der Waals surface area contributed by atoms with Gasteiger partial charge in [0, 0.05) is 19.3 Å². The predicted octanol–water partition coefficient (Wildman–Crippen LogP) is 22.7. The van der Waals surface area contributed by atoms with Crippen molar-refractivity contribution in [3.8, 4) is 0 Å². The zero-order valence-electron chi connectivity index (χ0n) is 50.8. The fourth-order valence-electron chi connectivity index (χ4n) is 9.79. The van der Waals surface area contributed by atoms with Crippen molar-refractivity contribution in [2.24, 2.45) is 0 Å². The Morgan fingerprint density at radius 3 is 0.829 bits per heavy atom. The molecule has 0 aliphatic heterocycles. The number of ether oxygens (including phenoxy) is 3. The lowest BCUT2D eigenvalue weighted by Crippen LogP contribution is -2.30. The minimum Gasteiger partial charge on any atom is -0.462 e. The van der Waals surface area contributed by atoms with E-state index in [9.17, 15) is 14.4 Å². The van der Waals surface area contributed by atoms with Gasteiger partial charge in [-0.3, -0.25) is 14.4 Å². The van der Waals surface area contributed by atoms with Gasteiger partial charge < -0.3 is 14.2 Å². The molecule has 0 fully saturated rings. The van der Waals surface area contributed by atoms with Crippen molar-refractivity contribution in [1.82, 2.24) is 0 Å². The minimum absolute atomic E-state index is 0.0867. The Kier molecular flexibility index (Phi) is 62.2. The molecule has 0 aromatic carbocycles. The molecule has 442 valence electrons. The van der Waals surface area contributed by atoms with Crippen LogP contribution in [0.15, 0.2) is 60.8 Å². The molecule has 6 nitrogen and oxygen atoms in total. The Morgan fingerprint density at radius 2 is 0.513 bits per heavy atom. The topological polar surface area (TPSA) is 78.9 Å². The van der Waals surface area contributed by atoms with Crippen molar-refractivity contribution in [2.45, 2.75) is 354 Å². The van der Waals surface area contributed by atoms with E-state index in [1.54, 1.807) is 0 Å². The van der Waals surface area contributed by atoms with Gasteiger partial charge in [0.1, 0.15) is 13.2 Å². The summed E-state index contributed by atoms with van der Waals surface area (Å²) in [5.74, 6) is -0.915. The maximum atomic E-state index is 12.9. The first-order valence-electron chi connectivity index (χ1n) is 33.3. The van der Waals surface area contributed by atoms with Gasteiger partial charge >= 0.3 is 17.9 Å². The van der Waals surface area contributed by atoms with Crippen LogP contribution in [0.1, 0.15) is 348 Å². The van der Waals surface area contributed by atoms with Gasteiger partial charge in [-0.2, -0.15) is 0 Å². The second-order valence-electron chi connectivity index (χ2n) is 22.4. The molecule has 0 bridgehead atoms. The average Bonchev–Trinajstić information content (AvgIpc) is 3.42. The molecule has 0 heterocycles. The van der Waals surface area contributed by atoms with Crippen LogP contribution in [0.4, 0.5) is 0 Å². The summed E-state index contributed by atoms with van der Waals surface area (Å²) < 4.78 is 16.9. The van der Waals surface area contributed by atoms with Crippen LogP contribution in [0.2, 0.25) is 0 Å². The molecular formula is C70H126O6. The fraction of sp³-hybridized carbons (Fsp3) is 0.814. The third-order valence-corrected chi connectivity index (χ3v) is 14.8. The molecule has 0 spiro atoms. The van der Waals surface area contributed by atoms with E-state index in [-0.39, 0.29) is 31.1 Å². The van der Waals surface area contributed by atoms with Crippen molar-refractivity contribution in [3.63, 3.8) is 0 Å². The van der Waals surface area contributed by atoms with E-state index in [0.29, 0.717) is 19.3 Å². The SMILES string of the molecule is CC/C=C\C/C=C\C/C=C\CCCCCC(=O)OCC(COC(=O)CCCCCCCCCCCCCCCCCCCCCCCCCCCCCCC)OC(=O)CCCCCCC/C=C\C/C=C\CCCCCC. The number of hydrogen-bond donors (Lipinski definition) is 0. The Bertz CT molecular complexity index is 1360. The fourth-order valence-corrected chi connectivity index (χ4v) is 9.79. The Labute approximate surface area is 472 Å². The molecule has 0 saturated carbocycles. The second kappa shape index (κ2) is 64.6. The Hall–Kier alpha value is -2.89. The van der Waals surface area contributed by atoms with E-state index < -0.39 is 6.10 Å². The zero-order valence-corrected chi connectivity index (χ0v) is 50.8. The lowest BCUT2D eigenvalue weighted by atomic mass is 10.0. The van der Waals surface area contributed by atoms with E-state index in [1.165, 1.54) is 199 Å². The van der Waals surface area contributed by atoms with E-state index >= 15 is 0 Å². The Balaban J connectivity index is 4.19. The standard InChI is InChI=1S/C70H126O6/c1-4-7-10-13-16-19-22-25-27-29-30-31-32-33-34-35-36-37-38-39-40-41-43-45-48-51-54-57-60-63-69(72)75-66-67(65-74-68(71)62-59-56-53-50-47-44-24-21-18-15-12-9-6-3)76-70(73)64-61-58-55-52-49-46-42-28-26-23-20-17-14-11-8-5-2/h9,12,18,20-21,23,28,42,44,47,67H,4-8,10-11,13-17,19,22,24-27,29-41,43,45-46,48-66H2,1-3H3/b12-9-,21-18-,23-20-,42-28-,47-44-. The molecule has 1 unspecified atom stereocenters. The molecule has 0 aromatic heterocycles. The number of unbranched alkanes of at least 4 members (excludes halogenated alkanes) is 40. The third kappa shape index (κ3) is 62.0. The van der Waals surface area contributed by atoms with Crippen LogP contribution in [0.3, 0.4) is 0 Å². The largest absolute Gasteiger partial charge is 0.462 e. The summed E-state index contributed by atoms with van der Waals surface area (Å²) in [5, 5.41) is 0. The van der Waals surface area contributed by atoms with Crippen molar-refractivity contribution >= 4 is 17.9 Å². The molecule has 76 heavy (non-hydrogen) atoms. The normalized spacial score (nSPS) is 12.4. The van der Waals surface area contributed by atoms with Gasteiger partial charge in [0.25, 0.3) is 0 Å². The number of carbonyl (C=O) groups is 3. The molecule has 0 aliphatic rings. The van der Waals surface area contributed by atoms with Crippen molar-refractivity contribution < 1.29 is 28.6 Å². The smallest absolute Gasteiger partial charge is 0.306 e. The number of esters is 3. The van der Waals surface area contributed by atoms with E-state index in [0.717, 1.165) is 109 Å². The first kappa shape index (κ1) is 73.1. The van der Waals surface area contributed by atoms with Gasteiger partial charge in [-0.05, 0) is 83.5 Å². The van der Waals surface area contributed by atoms with E-state index in [4.69, 9.17) is 14.2 Å². The number of rotatable bonds is 61. The summed E-state index contributed by atoms with van der Waals surface area (Å²) in [6.45, 7) is 6.52. The summed E-state index contributed by atoms with van der Waals surface area (Å²) in [6.07, 6.45) is 82.6. The van der Waals surface area contributed by atoms with Gasteiger partial charge in [0.05, 0.1) is 0 Å². The highest BCUT2D eigenvalue weighted by atomic mass is 16.6. The number of carbonyl (C=O) groups excluding carboxylic acids is 3. The number of allylic oxidation sites excluding steroid dienone is 10. The van der Waals surface area contributed by atoms with Crippen molar-refractivity contribution in [1.29, 1.82) is 0 Å². The predicted molar refractivity (Wildman–Crippen MR) is 330 cm³/mol. The van der Waals surface area contributed by atoms with Gasteiger partial charge in [-0.25, -0.2) is 0 Å². The van der Waals surface area contributed by atoms with Crippen LogP contribution in [-0.2, 0) is 28.6 Å². The molecule has 0 rings (SSSR count). The maximum absolute atomic E-state index is 12.9. The summed E-state index contributed by atoms with van der Waals surface area (Å²) in [7, 11) is 0. The highest BCUT2D eigenvalue weighted by Crippen LogP contribution is 2.18. The monoisotopic (exact) mass is 1060 g/mol. The molecule has 0 amide bonds. The molecule has 0 saturated heterocycles. The van der Waals surface area contributed by atoms with Crippen LogP contribution < -0.4 is 0 Å². The molecule has 0 radical (unpaired) electrons. The maximum Gasteiger partial charge on any atom is 0.306 e. The molecular weight excluding hydrogens is 937 g/mol. The molecule has 0 N–H and O–H groups in total. The highest BCUT2D eigenvalue weighted by molar-refractivity contribution is 5.71. The van der Waals surface area contributed by atoms with Crippen LogP contribution in [0.25, 0.3) is 0 Å². The second-order valence-corrected chi connectivity index (χ2v) is 22.4. The summed E-state index contributed by atoms with van der Waals surface area (Å²) in [4.78, 5) is 38.3. The molecule has 1 atom stereocenters. The molecule has 6 heteroatoms. The molecule has 0 aliphatic carbocycles. The van der Waals surface area contributed by atoms with Crippen LogP contribution in [0, 0.1) is 0 Å². The van der Waals surface area contributed by atoms with Gasteiger partial charge in [-0.15, -0.1) is 0 Å². The van der Waals surface area contributed by atoms with Crippen LogP contribution >= 0.6 is 0 Å². The lowest BCUT2D eigenvalue weighted by molar-refractivity contribution is -0.167. The Morgan fingerprint density at radius 1 is 0.276 bits per heavy atom. The molecule has 0 aromatic rings. The van der Waals surface area contributed by atoms with Crippen molar-refractivity contribution in [2.75, 3.05) is 13.2 Å². The quantitative estimate of drug-likeness (QED) is 0.0261. The summed E-state index contributed by atoms with van der Waals surface area (Å²) in [5.41, 5.74) is 0. The lowest BCUT2D eigenvalue weighted by Gasteiger charge is -2.18. The van der Waals surface area contributed by atoms with Gasteiger partial charge in [0.2, 0.25) is 0 Å².